The van der Waals surface area contributed by atoms with E-state index < -0.39 is 10.0 Å². The first-order chi connectivity index (χ1) is 16.7. The van der Waals surface area contributed by atoms with Crippen molar-refractivity contribution in [3.8, 4) is 0 Å². The van der Waals surface area contributed by atoms with Crippen LogP contribution in [0.5, 0.6) is 0 Å². The highest BCUT2D eigenvalue weighted by atomic mass is 32.2. The molecule has 0 atom stereocenters. The summed E-state index contributed by atoms with van der Waals surface area (Å²) in [7, 11) is -2.31. The van der Waals surface area contributed by atoms with E-state index in [0.29, 0.717) is 24.3 Å². The van der Waals surface area contributed by atoms with Crippen molar-refractivity contribution in [3.05, 3.63) is 60.2 Å². The molecule has 2 aliphatic rings. The monoisotopic (exact) mass is 498 g/mol. The molecule has 0 spiro atoms. The van der Waals surface area contributed by atoms with Crippen LogP contribution in [0.4, 0.5) is 5.69 Å². The number of likely N-dealkylation sites (tertiary alicyclic amines) is 1. The summed E-state index contributed by atoms with van der Waals surface area (Å²) in [4.78, 5) is 53.1. The highest BCUT2D eigenvalue weighted by Crippen LogP contribution is 2.22. The first-order valence-corrected chi connectivity index (χ1v) is 12.7. The minimum Gasteiger partial charge on any atom is -0.338 e. The summed E-state index contributed by atoms with van der Waals surface area (Å²) in [5.41, 5.74) is 0.873. The van der Waals surface area contributed by atoms with Crippen LogP contribution < -0.4 is 4.31 Å². The second-order valence-corrected chi connectivity index (χ2v) is 10.3. The predicted molar refractivity (Wildman–Crippen MR) is 127 cm³/mol. The molecule has 35 heavy (non-hydrogen) atoms. The minimum atomic E-state index is -3.78. The van der Waals surface area contributed by atoms with Gasteiger partial charge in [-0.25, -0.2) is 8.42 Å². The number of nitrogens with zero attached hydrogens (tertiary/aromatic N) is 4. The first kappa shape index (κ1) is 24.4. The largest absolute Gasteiger partial charge is 0.338 e. The molecule has 0 unspecified atom stereocenters. The van der Waals surface area contributed by atoms with Crippen molar-refractivity contribution in [2.24, 2.45) is 0 Å². The van der Waals surface area contributed by atoms with E-state index in [9.17, 15) is 27.6 Å². The van der Waals surface area contributed by atoms with Crippen LogP contribution in [0.2, 0.25) is 0 Å². The molecule has 2 saturated heterocycles. The number of rotatable bonds is 6. The highest BCUT2D eigenvalue weighted by molar-refractivity contribution is 7.92. The molecule has 4 rings (SSSR count). The highest BCUT2D eigenvalue weighted by Gasteiger charge is 2.33. The SMILES string of the molecule is CN(c1ccccc1)S(=O)(=O)c1ccc(C(=O)N2CCN(C(=O)CN3C(=O)CCC3=O)CC2)cc1. The quantitative estimate of drug-likeness (QED) is 0.548. The first-order valence-electron chi connectivity index (χ1n) is 11.2. The molecule has 0 aliphatic carbocycles. The normalized spacial score (nSPS) is 16.5. The van der Waals surface area contributed by atoms with Gasteiger partial charge in [0.25, 0.3) is 15.9 Å². The van der Waals surface area contributed by atoms with Crippen LogP contribution in [0, 0.1) is 0 Å². The minimum absolute atomic E-state index is 0.0711. The fraction of sp³-hybridized carbons (Fsp3) is 0.333. The third-order valence-electron chi connectivity index (χ3n) is 6.25. The number of imide groups is 1. The number of carbonyl (C=O) groups is 4. The summed E-state index contributed by atoms with van der Waals surface area (Å²) < 4.78 is 27.0. The standard InChI is InChI=1S/C24H26N4O6S/c1-25(19-5-3-2-4-6-19)35(33,34)20-9-7-18(8-10-20)24(32)27-15-13-26(14-16-27)23(31)17-28-21(29)11-12-22(28)30/h2-10H,11-17H2,1H3. The zero-order valence-electron chi connectivity index (χ0n) is 19.3. The maximum atomic E-state index is 12.9. The smallest absolute Gasteiger partial charge is 0.264 e. The fourth-order valence-corrected chi connectivity index (χ4v) is 5.28. The number of benzene rings is 2. The molecule has 0 aromatic heterocycles. The lowest BCUT2D eigenvalue weighted by atomic mass is 10.2. The fourth-order valence-electron chi connectivity index (χ4n) is 4.08. The Morgan fingerprint density at radius 2 is 1.37 bits per heavy atom. The maximum Gasteiger partial charge on any atom is 0.264 e. The number of piperazine rings is 1. The Balaban J connectivity index is 1.35. The third-order valence-corrected chi connectivity index (χ3v) is 8.05. The lowest BCUT2D eigenvalue weighted by Gasteiger charge is -2.35. The summed E-state index contributed by atoms with van der Waals surface area (Å²) in [6.45, 7) is 0.899. The van der Waals surface area contributed by atoms with Crippen molar-refractivity contribution in [1.29, 1.82) is 0 Å². The van der Waals surface area contributed by atoms with E-state index in [1.807, 2.05) is 0 Å². The van der Waals surface area contributed by atoms with Gasteiger partial charge in [-0.2, -0.15) is 0 Å². The van der Waals surface area contributed by atoms with Gasteiger partial charge < -0.3 is 9.80 Å². The van der Waals surface area contributed by atoms with E-state index in [2.05, 4.69) is 0 Å². The summed E-state index contributed by atoms with van der Waals surface area (Å²) in [5, 5.41) is 0. The van der Waals surface area contributed by atoms with Crippen molar-refractivity contribution in [1.82, 2.24) is 14.7 Å². The molecule has 0 N–H and O–H groups in total. The summed E-state index contributed by atoms with van der Waals surface area (Å²) in [6, 6.07) is 14.5. The molecule has 11 heteroatoms. The summed E-state index contributed by atoms with van der Waals surface area (Å²) in [6.07, 6.45) is 0.272. The molecule has 2 fully saturated rings. The van der Waals surface area contributed by atoms with E-state index in [1.165, 1.54) is 40.5 Å². The van der Waals surface area contributed by atoms with Crippen LogP contribution >= 0.6 is 0 Å². The van der Waals surface area contributed by atoms with Gasteiger partial charge in [-0.1, -0.05) is 18.2 Å². The summed E-state index contributed by atoms with van der Waals surface area (Å²) >= 11 is 0. The molecule has 2 aromatic carbocycles. The van der Waals surface area contributed by atoms with Gasteiger partial charge in [0.1, 0.15) is 6.54 Å². The molecular weight excluding hydrogens is 472 g/mol. The van der Waals surface area contributed by atoms with Crippen LogP contribution in [0.1, 0.15) is 23.2 Å². The Labute approximate surface area is 203 Å². The van der Waals surface area contributed by atoms with Gasteiger partial charge >= 0.3 is 0 Å². The topological polar surface area (TPSA) is 115 Å². The van der Waals surface area contributed by atoms with Gasteiger partial charge in [0.15, 0.2) is 0 Å². The molecule has 2 heterocycles. The number of amides is 4. The van der Waals surface area contributed by atoms with Gasteiger partial charge in [-0.3, -0.25) is 28.4 Å². The molecule has 0 saturated carbocycles. The average molecular weight is 499 g/mol. The number of carbonyl (C=O) groups excluding carboxylic acids is 4. The third kappa shape index (κ3) is 5.04. The molecule has 0 bridgehead atoms. The molecule has 184 valence electrons. The Kier molecular flexibility index (Phi) is 6.88. The second-order valence-electron chi connectivity index (χ2n) is 8.38. The van der Waals surface area contributed by atoms with E-state index in [-0.39, 0.29) is 61.0 Å². The van der Waals surface area contributed by atoms with Gasteiger partial charge in [-0.15, -0.1) is 0 Å². The van der Waals surface area contributed by atoms with Crippen molar-refractivity contribution in [3.63, 3.8) is 0 Å². The van der Waals surface area contributed by atoms with Gasteiger partial charge in [0.05, 0.1) is 10.6 Å². The summed E-state index contributed by atoms with van der Waals surface area (Å²) in [5.74, 6) is -1.25. The lowest BCUT2D eigenvalue weighted by molar-refractivity contribution is -0.146. The van der Waals surface area contributed by atoms with Gasteiger partial charge in [-0.05, 0) is 36.4 Å². The van der Waals surface area contributed by atoms with E-state index in [0.717, 1.165) is 4.90 Å². The van der Waals surface area contributed by atoms with Crippen LogP contribution in [0.3, 0.4) is 0 Å². The van der Waals surface area contributed by atoms with E-state index >= 15 is 0 Å². The number of hydrogen-bond acceptors (Lipinski definition) is 6. The molecular formula is C24H26N4O6S. The predicted octanol–water partition coefficient (Wildman–Crippen LogP) is 0.945. The van der Waals surface area contributed by atoms with Crippen molar-refractivity contribution >= 4 is 39.3 Å². The van der Waals surface area contributed by atoms with Crippen LogP contribution in [-0.2, 0) is 24.4 Å². The number of para-hydroxylation sites is 1. The average Bonchev–Trinajstić information content (AvgIpc) is 3.20. The number of anilines is 1. The Hall–Kier alpha value is -3.73. The Morgan fingerprint density at radius 1 is 0.829 bits per heavy atom. The van der Waals surface area contributed by atoms with Crippen molar-refractivity contribution in [2.75, 3.05) is 44.1 Å². The number of sulfonamides is 1. The van der Waals surface area contributed by atoms with Crippen molar-refractivity contribution in [2.45, 2.75) is 17.7 Å². The second kappa shape index (κ2) is 9.87. The zero-order valence-corrected chi connectivity index (χ0v) is 20.1. The molecule has 2 aromatic rings. The molecule has 2 aliphatic heterocycles. The van der Waals surface area contributed by atoms with Crippen LogP contribution in [-0.4, -0.2) is 86.5 Å². The lowest BCUT2D eigenvalue weighted by Crippen LogP contribution is -2.53. The van der Waals surface area contributed by atoms with Gasteiger partial charge in [0, 0.05) is 51.6 Å². The number of hydrogen-bond donors (Lipinski definition) is 0. The van der Waals surface area contributed by atoms with Crippen LogP contribution in [0.25, 0.3) is 0 Å². The van der Waals surface area contributed by atoms with Crippen LogP contribution in [0.15, 0.2) is 59.5 Å². The Morgan fingerprint density at radius 3 is 1.94 bits per heavy atom. The molecule has 0 radical (unpaired) electrons. The zero-order chi connectivity index (χ0) is 25.2. The Bertz CT molecular complexity index is 1220. The molecule has 4 amide bonds. The molecule has 10 nitrogen and oxygen atoms in total. The van der Waals surface area contributed by atoms with E-state index in [4.69, 9.17) is 0 Å². The van der Waals surface area contributed by atoms with E-state index in [1.54, 1.807) is 35.2 Å². The van der Waals surface area contributed by atoms with Gasteiger partial charge in [0.2, 0.25) is 17.7 Å². The van der Waals surface area contributed by atoms with Crippen molar-refractivity contribution < 1.29 is 27.6 Å². The maximum absolute atomic E-state index is 12.9.